The zero-order chi connectivity index (χ0) is 25.9. The van der Waals surface area contributed by atoms with Crippen LogP contribution >= 0.6 is 0 Å². The third-order valence-electron chi connectivity index (χ3n) is 6.00. The summed E-state index contributed by atoms with van der Waals surface area (Å²) < 4.78 is 0. The van der Waals surface area contributed by atoms with E-state index >= 15 is 0 Å². The van der Waals surface area contributed by atoms with Gasteiger partial charge in [0.2, 0.25) is 0 Å². The molecule has 0 aliphatic rings. The molecule has 0 bridgehead atoms. The largest absolute Gasteiger partial charge is 0.383 e. The second-order valence-corrected chi connectivity index (χ2v) is 9.80. The molecule has 37 heavy (non-hydrogen) atoms. The van der Waals surface area contributed by atoms with Crippen molar-refractivity contribution in [3.63, 3.8) is 0 Å². The van der Waals surface area contributed by atoms with E-state index in [2.05, 4.69) is 128 Å². The number of para-hydroxylation sites is 2. The zero-order valence-corrected chi connectivity index (χ0v) is 22.0. The van der Waals surface area contributed by atoms with Crippen LogP contribution in [0.1, 0.15) is 27.2 Å². The number of fused-ring (bicyclic) bond motifs is 1. The first-order chi connectivity index (χ1) is 18.0. The second kappa shape index (κ2) is 13.2. The van der Waals surface area contributed by atoms with Crippen molar-refractivity contribution in [2.75, 3.05) is 16.0 Å². The maximum absolute atomic E-state index is 3.54. The fourth-order valence-corrected chi connectivity index (χ4v) is 4.34. The van der Waals surface area contributed by atoms with E-state index in [1.807, 2.05) is 36.4 Å². The van der Waals surface area contributed by atoms with Crippen LogP contribution in [0.15, 0.2) is 127 Å². The molecule has 0 radical (unpaired) electrons. The van der Waals surface area contributed by atoms with Crippen molar-refractivity contribution in [2.45, 2.75) is 33.2 Å². The topological polar surface area (TPSA) is 36.1 Å². The Morgan fingerprint density at radius 3 is 1.51 bits per heavy atom. The van der Waals surface area contributed by atoms with Crippen molar-refractivity contribution < 1.29 is 0 Å². The number of rotatable bonds is 8. The van der Waals surface area contributed by atoms with Crippen LogP contribution in [0.25, 0.3) is 10.8 Å². The van der Waals surface area contributed by atoms with Crippen LogP contribution < -0.4 is 16.0 Å². The molecule has 0 saturated carbocycles. The Kier molecular flexibility index (Phi) is 9.20. The molecule has 0 aliphatic heterocycles. The molecular formula is C34H37N3. The van der Waals surface area contributed by atoms with Gasteiger partial charge in [-0.1, -0.05) is 80.6 Å². The quantitative estimate of drug-likeness (QED) is 0.204. The van der Waals surface area contributed by atoms with Gasteiger partial charge in [0.05, 0.1) is 0 Å². The summed E-state index contributed by atoms with van der Waals surface area (Å²) in [6.45, 7) is 6.74. The number of nitrogens with one attached hydrogen (secondary N) is 3. The van der Waals surface area contributed by atoms with Crippen molar-refractivity contribution in [3.05, 3.63) is 127 Å². The summed E-state index contributed by atoms with van der Waals surface area (Å²) in [5.41, 5.74) is 5.63. The Hall–Kier alpha value is -4.24. The summed E-state index contributed by atoms with van der Waals surface area (Å²) in [6.07, 6.45) is 1.18. The van der Waals surface area contributed by atoms with Gasteiger partial charge >= 0.3 is 0 Å². The van der Waals surface area contributed by atoms with Gasteiger partial charge in [-0.2, -0.15) is 0 Å². The summed E-state index contributed by atoms with van der Waals surface area (Å²) in [4.78, 5) is 0. The number of anilines is 5. The van der Waals surface area contributed by atoms with Crippen molar-refractivity contribution >= 4 is 39.2 Å². The summed E-state index contributed by atoms with van der Waals surface area (Å²) in [6, 6.07) is 44.2. The lowest BCUT2D eigenvalue weighted by atomic mass is 10.1. The van der Waals surface area contributed by atoms with Gasteiger partial charge in [0.15, 0.2) is 0 Å². The molecule has 0 fully saturated rings. The van der Waals surface area contributed by atoms with Crippen LogP contribution in [-0.4, -0.2) is 6.04 Å². The van der Waals surface area contributed by atoms with Crippen molar-refractivity contribution in [3.8, 4) is 0 Å². The van der Waals surface area contributed by atoms with Gasteiger partial charge in [-0.05, 0) is 90.7 Å². The minimum absolute atomic E-state index is 0.503. The van der Waals surface area contributed by atoms with Crippen LogP contribution in [0.2, 0.25) is 0 Å². The van der Waals surface area contributed by atoms with E-state index in [1.165, 1.54) is 22.9 Å². The molecule has 1 atom stereocenters. The van der Waals surface area contributed by atoms with E-state index < -0.39 is 0 Å². The number of benzene rings is 5. The molecule has 0 spiro atoms. The average Bonchev–Trinajstić information content (AvgIpc) is 2.91. The van der Waals surface area contributed by atoms with Gasteiger partial charge in [-0.3, -0.25) is 0 Å². The molecule has 5 aromatic carbocycles. The Labute approximate surface area is 221 Å². The lowest BCUT2D eigenvalue weighted by molar-refractivity contribution is 0.540. The Morgan fingerprint density at radius 2 is 0.919 bits per heavy atom. The van der Waals surface area contributed by atoms with Crippen LogP contribution in [-0.2, 0) is 0 Å². The molecule has 0 saturated heterocycles. The molecule has 0 aliphatic carbocycles. The molecule has 5 aromatic rings. The normalized spacial score (nSPS) is 11.4. The highest BCUT2D eigenvalue weighted by molar-refractivity contribution is 5.86. The fourth-order valence-electron chi connectivity index (χ4n) is 4.34. The van der Waals surface area contributed by atoms with Gasteiger partial charge in [0.1, 0.15) is 0 Å². The first-order valence-corrected chi connectivity index (χ1v) is 13.0. The Morgan fingerprint density at radius 1 is 0.459 bits per heavy atom. The van der Waals surface area contributed by atoms with Gasteiger partial charge in [-0.25, -0.2) is 0 Å². The van der Waals surface area contributed by atoms with E-state index in [-0.39, 0.29) is 0 Å². The van der Waals surface area contributed by atoms with Crippen molar-refractivity contribution in [1.82, 2.24) is 0 Å². The summed E-state index contributed by atoms with van der Waals surface area (Å²) >= 11 is 0. The Balaban J connectivity index is 0.000000175. The third kappa shape index (κ3) is 8.43. The van der Waals surface area contributed by atoms with Gasteiger partial charge in [-0.15, -0.1) is 0 Å². The molecule has 5 rings (SSSR count). The predicted octanol–water partition coefficient (Wildman–Crippen LogP) is 9.86. The van der Waals surface area contributed by atoms with Gasteiger partial charge in [0.25, 0.3) is 0 Å². The van der Waals surface area contributed by atoms with E-state index in [9.17, 15) is 0 Å². The predicted molar refractivity (Wildman–Crippen MR) is 162 cm³/mol. The van der Waals surface area contributed by atoms with E-state index in [1.54, 1.807) is 0 Å². The first-order valence-electron chi connectivity index (χ1n) is 13.0. The molecule has 3 heteroatoms. The molecule has 1 unspecified atom stereocenters. The van der Waals surface area contributed by atoms with Gasteiger partial charge in [0, 0.05) is 34.5 Å². The number of hydrogen-bond donors (Lipinski definition) is 3. The molecular weight excluding hydrogens is 450 g/mol. The average molecular weight is 488 g/mol. The minimum Gasteiger partial charge on any atom is -0.383 e. The number of hydrogen-bond acceptors (Lipinski definition) is 3. The maximum Gasteiger partial charge on any atom is 0.0390 e. The highest BCUT2D eigenvalue weighted by Crippen LogP contribution is 2.22. The third-order valence-corrected chi connectivity index (χ3v) is 6.00. The van der Waals surface area contributed by atoms with Crippen LogP contribution in [0.4, 0.5) is 28.4 Å². The maximum atomic E-state index is 3.54. The van der Waals surface area contributed by atoms with Crippen LogP contribution in [0, 0.1) is 5.92 Å². The molecule has 188 valence electrons. The summed E-state index contributed by atoms with van der Waals surface area (Å²) in [5.74, 6) is 0.719. The summed E-state index contributed by atoms with van der Waals surface area (Å²) in [5, 5.41) is 12.8. The van der Waals surface area contributed by atoms with E-state index in [0.717, 1.165) is 28.7 Å². The summed E-state index contributed by atoms with van der Waals surface area (Å²) in [7, 11) is 0. The van der Waals surface area contributed by atoms with Crippen LogP contribution in [0.3, 0.4) is 0 Å². The first kappa shape index (κ1) is 25.8. The molecule has 0 aromatic heterocycles. The van der Waals surface area contributed by atoms with Crippen molar-refractivity contribution in [2.24, 2.45) is 5.92 Å². The van der Waals surface area contributed by atoms with Gasteiger partial charge < -0.3 is 16.0 Å². The highest BCUT2D eigenvalue weighted by Gasteiger charge is 2.04. The second-order valence-electron chi connectivity index (χ2n) is 9.80. The monoisotopic (exact) mass is 487 g/mol. The minimum atomic E-state index is 0.503. The molecule has 0 heterocycles. The highest BCUT2D eigenvalue weighted by atomic mass is 14.9. The van der Waals surface area contributed by atoms with E-state index in [4.69, 9.17) is 0 Å². The fraction of sp³-hybridized carbons (Fsp3) is 0.176. The molecule has 0 amide bonds. The smallest absolute Gasteiger partial charge is 0.0390 e. The van der Waals surface area contributed by atoms with E-state index in [0.29, 0.717) is 6.04 Å². The lowest BCUT2D eigenvalue weighted by Crippen LogP contribution is -2.17. The molecule has 3 nitrogen and oxygen atoms in total. The van der Waals surface area contributed by atoms with Crippen LogP contribution in [0.5, 0.6) is 0 Å². The standard InChI is InChI=1S/C18H24N2.C16H13N/c1-14(2)13-15(3)19-17-9-11-18(12-10-17)20-16-7-5-4-6-8-16;1-2-8-15(9-3-1)17-16-11-10-13-6-4-5-7-14(13)12-16/h4-12,14-15,19-20H,13H2,1-3H3;1-12,17H. The zero-order valence-electron chi connectivity index (χ0n) is 22.0. The Bertz CT molecular complexity index is 1350. The van der Waals surface area contributed by atoms with Crippen molar-refractivity contribution in [1.29, 1.82) is 0 Å². The lowest BCUT2D eigenvalue weighted by Gasteiger charge is -2.17. The SMILES string of the molecule is CC(C)CC(C)Nc1ccc(Nc2ccccc2)cc1.c1ccc(Nc2ccc3ccccc3c2)cc1. The molecule has 3 N–H and O–H groups in total.